The van der Waals surface area contributed by atoms with Gasteiger partial charge in [0.05, 0.1) is 12.5 Å². The fourth-order valence-corrected chi connectivity index (χ4v) is 3.88. The Hall–Kier alpha value is -1.51. The van der Waals surface area contributed by atoms with E-state index in [0.29, 0.717) is 0 Å². The number of carbonyl (C=O) groups is 1. The average molecular weight is 260 g/mol. The number of methoxy groups -OCH3 is 1. The van der Waals surface area contributed by atoms with Gasteiger partial charge in [-0.2, -0.15) is 0 Å². The molecule has 0 unspecified atom stereocenters. The summed E-state index contributed by atoms with van der Waals surface area (Å²) in [6.45, 7) is 0. The van der Waals surface area contributed by atoms with Crippen molar-refractivity contribution in [2.75, 3.05) is 7.11 Å². The number of ether oxygens (including phenoxy) is 1. The summed E-state index contributed by atoms with van der Waals surface area (Å²) in [4.78, 5) is 11.4. The van der Waals surface area contributed by atoms with Gasteiger partial charge in [-0.25, -0.2) is 0 Å². The first-order valence-electron chi connectivity index (χ1n) is 6.98. The highest BCUT2D eigenvalue weighted by atomic mass is 16.5. The molecular weight excluding hydrogens is 240 g/mol. The van der Waals surface area contributed by atoms with Gasteiger partial charge >= 0.3 is 5.97 Å². The minimum atomic E-state index is -0.587. The smallest absolute Gasteiger partial charge is 0.309 e. The zero-order chi connectivity index (χ0) is 13.5. The zero-order valence-corrected chi connectivity index (χ0v) is 11.3. The predicted octanol–water partition coefficient (Wildman–Crippen LogP) is 3.37. The third-order valence-corrected chi connectivity index (χ3v) is 5.40. The first-order chi connectivity index (χ1) is 9.10. The largest absolute Gasteiger partial charge is 0.497 e. The minimum Gasteiger partial charge on any atom is -0.497 e. The maximum atomic E-state index is 11.4. The minimum absolute atomic E-state index is 0.212. The predicted molar refractivity (Wildman–Crippen MR) is 72.4 cm³/mol. The molecule has 0 spiro atoms. The number of benzene rings is 1. The number of fused-ring (bicyclic) bond motifs is 3. The van der Waals surface area contributed by atoms with Crippen LogP contribution in [-0.4, -0.2) is 18.2 Å². The number of carboxylic acid groups (broad SMARTS) is 1. The molecule has 3 heteroatoms. The molecule has 1 N–H and O–H groups in total. The van der Waals surface area contributed by atoms with E-state index in [-0.39, 0.29) is 5.41 Å². The molecule has 3 fully saturated rings. The summed E-state index contributed by atoms with van der Waals surface area (Å²) in [5.74, 6) is 0.294. The number of aliphatic carboxylic acids is 1. The normalized spacial score (nSPS) is 33.1. The zero-order valence-electron chi connectivity index (χ0n) is 11.3. The molecule has 0 saturated heterocycles. The van der Waals surface area contributed by atoms with Crippen LogP contribution in [0.1, 0.15) is 44.1 Å². The first-order valence-corrected chi connectivity index (χ1v) is 6.98. The molecule has 0 aromatic heterocycles. The maximum absolute atomic E-state index is 11.4. The number of rotatable bonds is 3. The van der Waals surface area contributed by atoms with Crippen LogP contribution in [0.5, 0.6) is 5.75 Å². The van der Waals surface area contributed by atoms with E-state index in [4.69, 9.17) is 4.74 Å². The van der Waals surface area contributed by atoms with Crippen molar-refractivity contribution >= 4 is 5.97 Å². The molecule has 3 saturated carbocycles. The van der Waals surface area contributed by atoms with Crippen LogP contribution >= 0.6 is 0 Å². The van der Waals surface area contributed by atoms with Crippen molar-refractivity contribution in [2.24, 2.45) is 5.41 Å². The Morgan fingerprint density at radius 3 is 2.00 bits per heavy atom. The Labute approximate surface area is 113 Å². The molecule has 0 heterocycles. The van der Waals surface area contributed by atoms with Crippen LogP contribution < -0.4 is 4.74 Å². The highest BCUT2D eigenvalue weighted by Gasteiger charge is 2.52. The first kappa shape index (κ1) is 12.5. The highest BCUT2D eigenvalue weighted by Crippen LogP contribution is 2.57. The third kappa shape index (κ3) is 1.83. The van der Waals surface area contributed by atoms with E-state index >= 15 is 0 Å². The molecule has 19 heavy (non-hydrogen) atoms. The van der Waals surface area contributed by atoms with Crippen molar-refractivity contribution in [3.05, 3.63) is 29.8 Å². The van der Waals surface area contributed by atoms with E-state index < -0.39 is 11.4 Å². The molecule has 2 bridgehead atoms. The third-order valence-electron chi connectivity index (χ3n) is 5.40. The molecular formula is C16H20O3. The quantitative estimate of drug-likeness (QED) is 0.906. The monoisotopic (exact) mass is 260 g/mol. The Morgan fingerprint density at radius 2 is 1.58 bits per heavy atom. The molecule has 4 rings (SSSR count). The van der Waals surface area contributed by atoms with Crippen LogP contribution in [0, 0.1) is 5.41 Å². The molecule has 0 atom stereocenters. The Kier molecular flexibility index (Phi) is 2.80. The van der Waals surface area contributed by atoms with Crippen LogP contribution in [0.3, 0.4) is 0 Å². The van der Waals surface area contributed by atoms with Gasteiger partial charge in [0.25, 0.3) is 0 Å². The van der Waals surface area contributed by atoms with Gasteiger partial charge in [0.15, 0.2) is 0 Å². The summed E-state index contributed by atoms with van der Waals surface area (Å²) in [6, 6.07) is 8.32. The van der Waals surface area contributed by atoms with Gasteiger partial charge in [-0.15, -0.1) is 0 Å². The molecule has 0 radical (unpaired) electrons. The summed E-state index contributed by atoms with van der Waals surface area (Å²) in [5, 5.41) is 9.42. The van der Waals surface area contributed by atoms with Crippen molar-refractivity contribution in [3.8, 4) is 5.75 Å². The standard InChI is InChI=1S/C16H20O3/c1-19-13-4-2-12(3-5-13)15-6-9-16(10-7-15,11-8-15)14(17)18/h2-5H,6-11H2,1H3,(H,17,18). The van der Waals surface area contributed by atoms with Gasteiger partial charge < -0.3 is 9.84 Å². The van der Waals surface area contributed by atoms with Gasteiger partial charge in [0.1, 0.15) is 5.75 Å². The Bertz CT molecular complexity index is 465. The van der Waals surface area contributed by atoms with Gasteiger partial charge in [-0.3, -0.25) is 4.79 Å². The lowest BCUT2D eigenvalue weighted by Gasteiger charge is -2.51. The van der Waals surface area contributed by atoms with Crippen LogP contribution in [0.25, 0.3) is 0 Å². The van der Waals surface area contributed by atoms with Crippen molar-refractivity contribution in [1.29, 1.82) is 0 Å². The fraction of sp³-hybridized carbons (Fsp3) is 0.562. The lowest BCUT2D eigenvalue weighted by Crippen LogP contribution is -2.47. The molecule has 102 valence electrons. The number of carboxylic acids is 1. The Morgan fingerprint density at radius 1 is 1.05 bits per heavy atom. The summed E-state index contributed by atoms with van der Waals surface area (Å²) in [7, 11) is 1.68. The van der Waals surface area contributed by atoms with Crippen LogP contribution in [0.4, 0.5) is 0 Å². The second-order valence-corrected chi connectivity index (χ2v) is 6.09. The van der Waals surface area contributed by atoms with Gasteiger partial charge in [0, 0.05) is 0 Å². The lowest BCUT2D eigenvalue weighted by atomic mass is 9.52. The van der Waals surface area contributed by atoms with E-state index in [0.717, 1.165) is 44.3 Å². The summed E-state index contributed by atoms with van der Waals surface area (Å²) in [6.07, 6.45) is 5.50. The SMILES string of the molecule is COc1ccc(C23CCC(C(=O)O)(CC2)CC3)cc1. The molecule has 1 aromatic carbocycles. The van der Waals surface area contributed by atoms with E-state index in [9.17, 15) is 9.90 Å². The van der Waals surface area contributed by atoms with Crippen LogP contribution in [0.2, 0.25) is 0 Å². The lowest BCUT2D eigenvalue weighted by molar-refractivity contribution is -0.156. The van der Waals surface area contributed by atoms with E-state index in [1.165, 1.54) is 5.56 Å². The molecule has 3 aliphatic carbocycles. The van der Waals surface area contributed by atoms with Crippen molar-refractivity contribution in [1.82, 2.24) is 0 Å². The molecule has 3 aliphatic rings. The molecule has 1 aromatic rings. The Balaban J connectivity index is 1.85. The topological polar surface area (TPSA) is 46.5 Å². The van der Waals surface area contributed by atoms with Crippen molar-refractivity contribution in [3.63, 3.8) is 0 Å². The van der Waals surface area contributed by atoms with Crippen molar-refractivity contribution < 1.29 is 14.6 Å². The number of hydrogen-bond acceptors (Lipinski definition) is 2. The summed E-state index contributed by atoms with van der Waals surface area (Å²) in [5.41, 5.74) is 1.14. The molecule has 3 nitrogen and oxygen atoms in total. The van der Waals surface area contributed by atoms with Crippen LogP contribution in [-0.2, 0) is 10.2 Å². The second-order valence-electron chi connectivity index (χ2n) is 6.09. The second kappa shape index (κ2) is 4.26. The fourth-order valence-electron chi connectivity index (χ4n) is 3.88. The average Bonchev–Trinajstić information content (AvgIpc) is 2.49. The molecule has 0 aliphatic heterocycles. The highest BCUT2D eigenvalue weighted by molar-refractivity contribution is 5.75. The maximum Gasteiger partial charge on any atom is 0.309 e. The summed E-state index contributed by atoms with van der Waals surface area (Å²) >= 11 is 0. The van der Waals surface area contributed by atoms with E-state index in [2.05, 4.69) is 12.1 Å². The van der Waals surface area contributed by atoms with E-state index in [1.54, 1.807) is 7.11 Å². The number of hydrogen-bond donors (Lipinski definition) is 1. The summed E-state index contributed by atoms with van der Waals surface area (Å²) < 4.78 is 5.20. The van der Waals surface area contributed by atoms with E-state index in [1.807, 2.05) is 12.1 Å². The van der Waals surface area contributed by atoms with Gasteiger partial charge in [-0.1, -0.05) is 12.1 Å². The van der Waals surface area contributed by atoms with Crippen molar-refractivity contribution in [2.45, 2.75) is 43.9 Å². The van der Waals surface area contributed by atoms with Gasteiger partial charge in [-0.05, 0) is 61.6 Å². The van der Waals surface area contributed by atoms with Crippen LogP contribution in [0.15, 0.2) is 24.3 Å². The van der Waals surface area contributed by atoms with Gasteiger partial charge in [0.2, 0.25) is 0 Å². The molecule has 0 amide bonds.